The molecule has 0 aliphatic carbocycles. The lowest BCUT2D eigenvalue weighted by Gasteiger charge is -2.21. The lowest BCUT2D eigenvalue weighted by Crippen LogP contribution is -2.40. The van der Waals surface area contributed by atoms with Crippen molar-refractivity contribution in [2.24, 2.45) is 23.5 Å². The Kier molecular flexibility index (Phi) is 9.21. The smallest absolute Gasteiger partial charge is 0.239 e. The lowest BCUT2D eigenvalue weighted by atomic mass is 9.94. The van der Waals surface area contributed by atoms with Crippen molar-refractivity contribution < 1.29 is 9.59 Å². The number of rotatable bonds is 9. The standard InChI is InChI=1S/C15H31N3O2/c1-11(2)6-13(8-16)7-15(20)18(5)10-14(19)17-9-12(3)4/h11-13H,6-10,16H2,1-5H3,(H,17,19)/t13-/m0/s1. The second kappa shape index (κ2) is 9.75. The van der Waals surface area contributed by atoms with E-state index in [4.69, 9.17) is 5.73 Å². The highest BCUT2D eigenvalue weighted by atomic mass is 16.2. The minimum Gasteiger partial charge on any atom is -0.354 e. The Bertz CT molecular complexity index is 303. The number of carbonyl (C=O) groups is 2. The summed E-state index contributed by atoms with van der Waals surface area (Å²) in [5.41, 5.74) is 5.70. The monoisotopic (exact) mass is 285 g/mol. The Hall–Kier alpha value is -1.10. The molecule has 0 radical (unpaired) electrons. The molecule has 2 amide bonds. The van der Waals surface area contributed by atoms with Crippen LogP contribution < -0.4 is 11.1 Å². The van der Waals surface area contributed by atoms with Gasteiger partial charge in [0.1, 0.15) is 0 Å². The van der Waals surface area contributed by atoms with Gasteiger partial charge in [-0.25, -0.2) is 0 Å². The van der Waals surface area contributed by atoms with Crippen LogP contribution in [0.3, 0.4) is 0 Å². The summed E-state index contributed by atoms with van der Waals surface area (Å²) in [6, 6.07) is 0. The molecule has 118 valence electrons. The highest BCUT2D eigenvalue weighted by Crippen LogP contribution is 2.15. The highest BCUT2D eigenvalue weighted by Gasteiger charge is 2.18. The quantitative estimate of drug-likeness (QED) is 0.669. The van der Waals surface area contributed by atoms with Crippen LogP contribution in [0.5, 0.6) is 0 Å². The van der Waals surface area contributed by atoms with E-state index in [0.717, 1.165) is 6.42 Å². The first-order valence-electron chi connectivity index (χ1n) is 7.46. The van der Waals surface area contributed by atoms with Crippen LogP contribution in [0.2, 0.25) is 0 Å². The molecule has 0 unspecified atom stereocenters. The zero-order valence-corrected chi connectivity index (χ0v) is 13.6. The van der Waals surface area contributed by atoms with Crippen LogP contribution in [0.4, 0.5) is 0 Å². The summed E-state index contributed by atoms with van der Waals surface area (Å²) in [7, 11) is 1.67. The molecule has 0 bridgehead atoms. The topological polar surface area (TPSA) is 75.4 Å². The minimum absolute atomic E-state index is 0.0132. The van der Waals surface area contributed by atoms with Crippen molar-refractivity contribution in [2.45, 2.75) is 40.5 Å². The van der Waals surface area contributed by atoms with E-state index in [0.29, 0.717) is 31.3 Å². The molecule has 0 aliphatic heterocycles. The van der Waals surface area contributed by atoms with Gasteiger partial charge in [0.2, 0.25) is 11.8 Å². The summed E-state index contributed by atoms with van der Waals surface area (Å²) < 4.78 is 0. The van der Waals surface area contributed by atoms with Crippen molar-refractivity contribution in [3.05, 3.63) is 0 Å². The first kappa shape index (κ1) is 18.9. The Morgan fingerprint density at radius 3 is 2.20 bits per heavy atom. The van der Waals surface area contributed by atoms with Gasteiger partial charge >= 0.3 is 0 Å². The average Bonchev–Trinajstić information content (AvgIpc) is 2.34. The van der Waals surface area contributed by atoms with Crippen LogP contribution in [-0.4, -0.2) is 43.4 Å². The first-order chi connectivity index (χ1) is 9.26. The Balaban J connectivity index is 4.16. The summed E-state index contributed by atoms with van der Waals surface area (Å²) in [5.74, 6) is 1.01. The van der Waals surface area contributed by atoms with Gasteiger partial charge in [-0.05, 0) is 30.7 Å². The summed E-state index contributed by atoms with van der Waals surface area (Å²) in [6.07, 6.45) is 1.36. The van der Waals surface area contributed by atoms with Gasteiger partial charge in [-0.3, -0.25) is 9.59 Å². The number of nitrogens with two attached hydrogens (primary N) is 1. The largest absolute Gasteiger partial charge is 0.354 e. The molecule has 0 saturated carbocycles. The minimum atomic E-state index is -0.109. The van der Waals surface area contributed by atoms with Crippen molar-refractivity contribution in [3.63, 3.8) is 0 Å². The molecule has 0 saturated heterocycles. The summed E-state index contributed by atoms with van der Waals surface area (Å²) >= 11 is 0. The van der Waals surface area contributed by atoms with Gasteiger partial charge in [-0.1, -0.05) is 27.7 Å². The zero-order valence-electron chi connectivity index (χ0n) is 13.6. The second-order valence-electron chi connectivity index (χ2n) is 6.38. The van der Waals surface area contributed by atoms with Crippen LogP contribution in [0, 0.1) is 17.8 Å². The molecule has 3 N–H and O–H groups in total. The van der Waals surface area contributed by atoms with Gasteiger partial charge < -0.3 is 16.0 Å². The van der Waals surface area contributed by atoms with E-state index in [-0.39, 0.29) is 24.3 Å². The van der Waals surface area contributed by atoms with Gasteiger partial charge in [0.15, 0.2) is 0 Å². The maximum atomic E-state index is 12.1. The number of hydrogen-bond acceptors (Lipinski definition) is 3. The maximum absolute atomic E-state index is 12.1. The highest BCUT2D eigenvalue weighted by molar-refractivity contribution is 5.84. The van der Waals surface area contributed by atoms with Crippen LogP contribution in [0.15, 0.2) is 0 Å². The molecule has 0 spiro atoms. The fraction of sp³-hybridized carbons (Fsp3) is 0.867. The molecule has 20 heavy (non-hydrogen) atoms. The lowest BCUT2D eigenvalue weighted by molar-refractivity contribution is -0.135. The molecule has 0 fully saturated rings. The summed E-state index contributed by atoms with van der Waals surface area (Å²) in [5, 5.41) is 2.81. The Morgan fingerprint density at radius 1 is 1.15 bits per heavy atom. The molecule has 0 aromatic heterocycles. The molecule has 0 aromatic rings. The molecule has 1 atom stereocenters. The third-order valence-corrected chi connectivity index (χ3v) is 3.12. The number of carbonyl (C=O) groups excluding carboxylic acids is 2. The van der Waals surface area contributed by atoms with E-state index in [1.54, 1.807) is 7.05 Å². The van der Waals surface area contributed by atoms with E-state index in [9.17, 15) is 9.59 Å². The molecular formula is C15H31N3O2. The number of amides is 2. The number of hydrogen-bond donors (Lipinski definition) is 2. The SMILES string of the molecule is CC(C)CNC(=O)CN(C)C(=O)C[C@@H](CN)CC(C)C. The van der Waals surface area contributed by atoms with E-state index < -0.39 is 0 Å². The number of likely N-dealkylation sites (N-methyl/N-ethyl adjacent to an activating group) is 1. The van der Waals surface area contributed by atoms with Crippen LogP contribution in [0.25, 0.3) is 0 Å². The van der Waals surface area contributed by atoms with Crippen LogP contribution in [0.1, 0.15) is 40.5 Å². The predicted octanol–water partition coefficient (Wildman–Crippen LogP) is 1.23. The third-order valence-electron chi connectivity index (χ3n) is 3.12. The summed E-state index contributed by atoms with van der Waals surface area (Å²) in [4.78, 5) is 25.2. The van der Waals surface area contributed by atoms with E-state index >= 15 is 0 Å². The molecule has 0 rings (SSSR count). The Labute approximate surface area is 123 Å². The van der Waals surface area contributed by atoms with Crippen molar-refractivity contribution >= 4 is 11.8 Å². The van der Waals surface area contributed by atoms with Gasteiger partial charge in [0.05, 0.1) is 6.54 Å². The molecule has 0 heterocycles. The van der Waals surface area contributed by atoms with E-state index in [1.807, 2.05) is 13.8 Å². The fourth-order valence-electron chi connectivity index (χ4n) is 2.01. The average molecular weight is 285 g/mol. The number of nitrogens with zero attached hydrogens (tertiary/aromatic N) is 1. The summed E-state index contributed by atoms with van der Waals surface area (Å²) in [6.45, 7) is 9.58. The van der Waals surface area contributed by atoms with Gasteiger partial charge in [-0.2, -0.15) is 0 Å². The fourth-order valence-corrected chi connectivity index (χ4v) is 2.01. The molecule has 0 aliphatic rings. The zero-order chi connectivity index (χ0) is 15.7. The van der Waals surface area contributed by atoms with Crippen molar-refractivity contribution in [2.75, 3.05) is 26.7 Å². The maximum Gasteiger partial charge on any atom is 0.239 e. The number of nitrogens with one attached hydrogen (secondary N) is 1. The van der Waals surface area contributed by atoms with Crippen molar-refractivity contribution in [3.8, 4) is 0 Å². The predicted molar refractivity (Wildman–Crippen MR) is 82.1 cm³/mol. The first-order valence-corrected chi connectivity index (χ1v) is 7.46. The van der Waals surface area contributed by atoms with Crippen molar-refractivity contribution in [1.82, 2.24) is 10.2 Å². The molecule has 5 heteroatoms. The molecule has 0 aromatic carbocycles. The normalized spacial score (nSPS) is 12.6. The van der Waals surface area contributed by atoms with E-state index in [1.165, 1.54) is 4.90 Å². The van der Waals surface area contributed by atoms with Crippen LogP contribution in [-0.2, 0) is 9.59 Å². The molecule has 5 nitrogen and oxygen atoms in total. The van der Waals surface area contributed by atoms with Crippen molar-refractivity contribution in [1.29, 1.82) is 0 Å². The second-order valence-corrected chi connectivity index (χ2v) is 6.38. The van der Waals surface area contributed by atoms with Gasteiger partial charge in [0.25, 0.3) is 0 Å². The molecular weight excluding hydrogens is 254 g/mol. The van der Waals surface area contributed by atoms with Gasteiger partial charge in [0, 0.05) is 20.0 Å². The Morgan fingerprint density at radius 2 is 1.75 bits per heavy atom. The van der Waals surface area contributed by atoms with E-state index in [2.05, 4.69) is 19.2 Å². The third kappa shape index (κ3) is 8.91. The van der Waals surface area contributed by atoms with Crippen LogP contribution >= 0.6 is 0 Å². The van der Waals surface area contributed by atoms with Gasteiger partial charge in [-0.15, -0.1) is 0 Å².